The quantitative estimate of drug-likeness (QED) is 0.432. The average Bonchev–Trinajstić information content (AvgIpc) is 3.06. The first-order chi connectivity index (χ1) is 18.1. The van der Waals surface area contributed by atoms with E-state index in [0.29, 0.717) is 18.9 Å². The molecule has 2 aromatic rings. The number of aryl methyl sites for hydroxylation is 1. The van der Waals surface area contributed by atoms with Crippen LogP contribution < -0.4 is 15.0 Å². The highest BCUT2D eigenvalue weighted by Gasteiger charge is 2.38. The van der Waals surface area contributed by atoms with E-state index in [1.165, 1.54) is 24.2 Å². The SMILES string of the molecule is CSCCC=O.Cc1cc(C2CN(C3CN(C)C3)C2)cc2c1OCc1c(ncnc1N1CCSCC1)N2. The van der Waals surface area contributed by atoms with Crippen LogP contribution in [0.3, 0.4) is 0 Å². The Hall–Kier alpha value is -2.01. The van der Waals surface area contributed by atoms with E-state index in [0.717, 1.165) is 84.4 Å². The van der Waals surface area contributed by atoms with E-state index in [1.807, 2.05) is 18.0 Å². The number of thioether (sulfide) groups is 2. The van der Waals surface area contributed by atoms with E-state index in [9.17, 15) is 4.79 Å². The zero-order valence-electron chi connectivity index (χ0n) is 22.1. The third-order valence-electron chi connectivity index (χ3n) is 7.53. The van der Waals surface area contributed by atoms with Crippen molar-refractivity contribution in [1.29, 1.82) is 0 Å². The molecule has 0 aliphatic carbocycles. The second kappa shape index (κ2) is 12.2. The Morgan fingerprint density at radius 2 is 1.97 bits per heavy atom. The number of hydrogen-bond donors (Lipinski definition) is 1. The number of anilines is 3. The second-order valence-electron chi connectivity index (χ2n) is 10.2. The molecule has 1 N–H and O–H groups in total. The van der Waals surface area contributed by atoms with Crippen molar-refractivity contribution >= 4 is 47.1 Å². The number of rotatable bonds is 6. The van der Waals surface area contributed by atoms with Crippen molar-refractivity contribution in [3.63, 3.8) is 0 Å². The van der Waals surface area contributed by atoms with Gasteiger partial charge in [0.05, 0.1) is 11.3 Å². The third kappa shape index (κ3) is 6.02. The first kappa shape index (κ1) is 26.6. The van der Waals surface area contributed by atoms with Crippen LogP contribution in [0.2, 0.25) is 0 Å². The number of nitrogens with zero attached hydrogens (tertiary/aromatic N) is 5. The highest BCUT2D eigenvalue weighted by atomic mass is 32.2. The fourth-order valence-corrected chi connectivity index (χ4v) is 6.60. The van der Waals surface area contributed by atoms with Crippen molar-refractivity contribution in [1.82, 2.24) is 19.8 Å². The smallest absolute Gasteiger partial charge is 0.146 e. The molecular weight excluding hydrogens is 504 g/mol. The highest BCUT2D eigenvalue weighted by Crippen LogP contribution is 2.41. The van der Waals surface area contributed by atoms with E-state index >= 15 is 0 Å². The van der Waals surface area contributed by atoms with Gasteiger partial charge in [0.15, 0.2) is 0 Å². The summed E-state index contributed by atoms with van der Waals surface area (Å²) in [6, 6.07) is 5.35. The summed E-state index contributed by atoms with van der Waals surface area (Å²) in [7, 11) is 2.20. The zero-order valence-corrected chi connectivity index (χ0v) is 23.7. The standard InChI is InChI=1S/C23H30N6OS.C4H8OS/c1-15-7-16(17-9-29(10-17)18-11-27(2)12-18)8-20-21(15)30-13-19-22(26-20)24-14-25-23(19)28-3-5-31-6-4-28;1-6-4-2-3-5/h7-8,14,17-18H,3-6,9-13H2,1-2H3,(H,24,25,26);3H,2,4H2,1H3. The van der Waals surface area contributed by atoms with Crippen LogP contribution >= 0.6 is 23.5 Å². The maximum atomic E-state index is 9.55. The van der Waals surface area contributed by atoms with Crippen LogP contribution in [0.25, 0.3) is 0 Å². The van der Waals surface area contributed by atoms with Gasteiger partial charge in [-0.15, -0.1) is 0 Å². The van der Waals surface area contributed by atoms with Crippen LogP contribution in [0.1, 0.15) is 29.0 Å². The molecule has 0 amide bonds. The molecule has 0 radical (unpaired) electrons. The topological polar surface area (TPSA) is 73.8 Å². The Kier molecular flexibility index (Phi) is 8.79. The molecule has 0 spiro atoms. The molecule has 6 rings (SSSR count). The van der Waals surface area contributed by atoms with E-state index < -0.39 is 0 Å². The summed E-state index contributed by atoms with van der Waals surface area (Å²) >= 11 is 3.70. The summed E-state index contributed by atoms with van der Waals surface area (Å²) in [4.78, 5) is 26.2. The monoisotopic (exact) mass is 542 g/mol. The summed E-state index contributed by atoms with van der Waals surface area (Å²) in [5.41, 5.74) is 4.70. The van der Waals surface area contributed by atoms with Crippen LogP contribution in [-0.2, 0) is 11.4 Å². The molecule has 0 saturated carbocycles. The molecule has 1 aromatic heterocycles. The van der Waals surface area contributed by atoms with Crippen LogP contribution in [-0.4, -0.2) is 102 Å². The minimum Gasteiger partial charge on any atom is -0.486 e. The number of ether oxygens (including phenoxy) is 1. The minimum absolute atomic E-state index is 0.502. The molecule has 8 nitrogen and oxygen atoms in total. The molecule has 4 aliphatic rings. The lowest BCUT2D eigenvalue weighted by atomic mass is 9.87. The fraction of sp³-hybridized carbons (Fsp3) is 0.593. The predicted octanol–water partition coefficient (Wildman–Crippen LogP) is 3.63. The zero-order chi connectivity index (χ0) is 25.8. The molecule has 0 atom stereocenters. The number of aromatic nitrogens is 2. The summed E-state index contributed by atoms with van der Waals surface area (Å²) in [6.07, 6.45) is 5.31. The van der Waals surface area contributed by atoms with Gasteiger partial charge in [0.2, 0.25) is 0 Å². The third-order valence-corrected chi connectivity index (χ3v) is 9.11. The lowest BCUT2D eigenvalue weighted by Gasteiger charge is -2.51. The van der Waals surface area contributed by atoms with Crippen molar-refractivity contribution in [3.05, 3.63) is 35.2 Å². The first-order valence-electron chi connectivity index (χ1n) is 13.1. The van der Waals surface area contributed by atoms with Crippen LogP contribution in [0.15, 0.2) is 18.5 Å². The minimum atomic E-state index is 0.502. The maximum Gasteiger partial charge on any atom is 0.146 e. The number of fused-ring (bicyclic) bond motifs is 2. The van der Waals surface area contributed by atoms with Crippen LogP contribution in [0.4, 0.5) is 17.3 Å². The van der Waals surface area contributed by atoms with Gasteiger partial charge in [0.1, 0.15) is 36.6 Å². The Labute approximate surface area is 228 Å². The summed E-state index contributed by atoms with van der Waals surface area (Å²) in [5, 5.41) is 3.60. The van der Waals surface area contributed by atoms with E-state index in [1.54, 1.807) is 18.1 Å². The lowest BCUT2D eigenvalue weighted by Crippen LogP contribution is -2.63. The molecule has 3 fully saturated rings. The van der Waals surface area contributed by atoms with Gasteiger partial charge in [0, 0.05) is 69.2 Å². The Balaban J connectivity index is 0.000000421. The number of carbonyl (C=O) groups excluding carboxylic acids is 1. The number of aldehydes is 1. The second-order valence-corrected chi connectivity index (χ2v) is 12.4. The Morgan fingerprint density at radius 1 is 1.19 bits per heavy atom. The molecule has 10 heteroatoms. The molecule has 4 aliphatic heterocycles. The molecule has 5 heterocycles. The number of nitrogens with one attached hydrogen (secondary N) is 1. The van der Waals surface area contributed by atoms with Gasteiger partial charge in [-0.1, -0.05) is 6.07 Å². The molecular formula is C27H38N6O2S2. The number of likely N-dealkylation sites (N-methyl/N-ethyl adjacent to an activating group) is 1. The molecule has 1 aromatic carbocycles. The number of carbonyl (C=O) groups is 1. The van der Waals surface area contributed by atoms with E-state index in [4.69, 9.17) is 4.74 Å². The van der Waals surface area contributed by atoms with Crippen molar-refractivity contribution < 1.29 is 9.53 Å². The normalized spacial score (nSPS) is 20.1. The Bertz CT molecular complexity index is 1080. The van der Waals surface area contributed by atoms with Gasteiger partial charge in [-0.05, 0) is 43.2 Å². The van der Waals surface area contributed by atoms with E-state index in [2.05, 4.69) is 56.1 Å². The van der Waals surface area contributed by atoms with Crippen LogP contribution in [0, 0.1) is 6.92 Å². The van der Waals surface area contributed by atoms with E-state index in [-0.39, 0.29) is 0 Å². The Morgan fingerprint density at radius 3 is 2.65 bits per heavy atom. The largest absolute Gasteiger partial charge is 0.486 e. The van der Waals surface area contributed by atoms with Crippen molar-refractivity contribution in [3.8, 4) is 5.75 Å². The first-order valence-corrected chi connectivity index (χ1v) is 15.7. The molecule has 37 heavy (non-hydrogen) atoms. The van der Waals surface area contributed by atoms with Crippen molar-refractivity contribution in [2.75, 3.05) is 80.0 Å². The van der Waals surface area contributed by atoms with Gasteiger partial charge >= 0.3 is 0 Å². The number of likely N-dealkylation sites (tertiary alicyclic amines) is 2. The molecule has 0 unspecified atom stereocenters. The van der Waals surface area contributed by atoms with Gasteiger partial charge in [-0.25, -0.2) is 9.97 Å². The fourth-order valence-electron chi connectivity index (χ4n) is 5.37. The van der Waals surface area contributed by atoms with Crippen molar-refractivity contribution in [2.45, 2.75) is 31.9 Å². The lowest BCUT2D eigenvalue weighted by molar-refractivity contribution is -0.107. The average molecular weight is 543 g/mol. The van der Waals surface area contributed by atoms with Gasteiger partial charge in [-0.2, -0.15) is 23.5 Å². The van der Waals surface area contributed by atoms with Gasteiger partial charge in [-0.3, -0.25) is 4.90 Å². The summed E-state index contributed by atoms with van der Waals surface area (Å²) in [5.74, 6) is 6.69. The molecule has 0 bridgehead atoms. The van der Waals surface area contributed by atoms with Gasteiger partial charge in [0.25, 0.3) is 0 Å². The summed E-state index contributed by atoms with van der Waals surface area (Å²) in [6.45, 7) is 9.45. The maximum absolute atomic E-state index is 9.55. The molecule has 200 valence electrons. The van der Waals surface area contributed by atoms with Crippen molar-refractivity contribution in [2.24, 2.45) is 0 Å². The highest BCUT2D eigenvalue weighted by molar-refractivity contribution is 7.99. The van der Waals surface area contributed by atoms with Crippen LogP contribution in [0.5, 0.6) is 5.75 Å². The number of hydrogen-bond acceptors (Lipinski definition) is 10. The molecule has 3 saturated heterocycles. The predicted molar refractivity (Wildman–Crippen MR) is 155 cm³/mol. The van der Waals surface area contributed by atoms with Gasteiger partial charge < -0.3 is 24.6 Å². The summed E-state index contributed by atoms with van der Waals surface area (Å²) < 4.78 is 6.33. The number of benzene rings is 1.